The molecule has 0 spiro atoms. The minimum absolute atomic E-state index is 0.0362. The van der Waals surface area contributed by atoms with Gasteiger partial charge in [0.15, 0.2) is 0 Å². The summed E-state index contributed by atoms with van der Waals surface area (Å²) in [4.78, 5) is 18.9. The average molecular weight is 497 g/mol. The van der Waals surface area contributed by atoms with Crippen molar-refractivity contribution in [2.24, 2.45) is 0 Å². The summed E-state index contributed by atoms with van der Waals surface area (Å²) >= 11 is 7.20. The number of hydrogen-bond acceptors (Lipinski definition) is 5. The number of anilines is 1. The van der Waals surface area contributed by atoms with E-state index >= 15 is 0 Å². The Morgan fingerprint density at radius 3 is 2.55 bits per heavy atom. The topological polar surface area (TPSA) is 58.1 Å². The second kappa shape index (κ2) is 11.0. The number of hydrogen-bond donors (Lipinski definition) is 1. The number of rotatable bonds is 9. The lowest BCUT2D eigenvalue weighted by Gasteiger charge is -2.25. The number of carbonyl (C=O) groups is 1. The van der Waals surface area contributed by atoms with Crippen LogP contribution in [0.2, 0.25) is 5.02 Å². The summed E-state index contributed by atoms with van der Waals surface area (Å²) in [5.74, 6) is 0.445. The second-order valence-electron chi connectivity index (χ2n) is 7.81. The van der Waals surface area contributed by atoms with Gasteiger partial charge in [-0.25, -0.2) is 4.98 Å². The molecule has 2 aromatic carbocycles. The largest absolute Gasteiger partial charge is 0.416 e. The van der Waals surface area contributed by atoms with Crippen LogP contribution in [0.15, 0.2) is 48.5 Å². The number of alkyl halides is 3. The Hall–Kier alpha value is -2.65. The minimum Gasteiger partial charge on any atom is -0.352 e. The molecule has 1 heterocycles. The molecule has 10 heteroatoms. The fourth-order valence-corrected chi connectivity index (χ4v) is 4.13. The summed E-state index contributed by atoms with van der Waals surface area (Å²) in [5.41, 5.74) is 0.717. The molecule has 3 rings (SSSR count). The van der Waals surface area contributed by atoms with Gasteiger partial charge in [0.2, 0.25) is 11.0 Å². The standard InChI is InChI=1S/C23H24ClF3N4OS/c1-15(2)31(22-29-20(30-33-22)13-16-6-8-19(24)9-7-16)11-10-21(32)28-14-17-4-3-5-18(12-17)23(25,26)27/h3-9,12,15H,10-11,13-14H2,1-2H3,(H,28,32). The molecule has 33 heavy (non-hydrogen) atoms. The zero-order chi connectivity index (χ0) is 24.0. The van der Waals surface area contributed by atoms with E-state index in [1.54, 1.807) is 6.07 Å². The first-order valence-electron chi connectivity index (χ1n) is 10.4. The van der Waals surface area contributed by atoms with E-state index in [9.17, 15) is 18.0 Å². The highest BCUT2D eigenvalue weighted by Crippen LogP contribution is 2.29. The maximum absolute atomic E-state index is 12.8. The third-order valence-corrected chi connectivity index (χ3v) is 5.97. The van der Waals surface area contributed by atoms with Crippen LogP contribution in [-0.2, 0) is 23.9 Å². The number of amides is 1. The molecule has 0 aliphatic heterocycles. The van der Waals surface area contributed by atoms with Crippen LogP contribution in [0.25, 0.3) is 0 Å². The normalized spacial score (nSPS) is 11.6. The molecule has 0 saturated heterocycles. The lowest BCUT2D eigenvalue weighted by atomic mass is 10.1. The molecule has 0 unspecified atom stereocenters. The van der Waals surface area contributed by atoms with Crippen molar-refractivity contribution in [3.63, 3.8) is 0 Å². The third kappa shape index (κ3) is 7.43. The first kappa shape index (κ1) is 25.0. The van der Waals surface area contributed by atoms with Crippen molar-refractivity contribution in [2.75, 3.05) is 11.4 Å². The Morgan fingerprint density at radius 1 is 1.15 bits per heavy atom. The van der Waals surface area contributed by atoms with Crippen molar-refractivity contribution in [3.05, 3.63) is 76.1 Å². The summed E-state index contributed by atoms with van der Waals surface area (Å²) in [5, 5.41) is 4.08. The summed E-state index contributed by atoms with van der Waals surface area (Å²) in [6.45, 7) is 4.46. The maximum atomic E-state index is 12.8. The number of nitrogens with zero attached hydrogens (tertiary/aromatic N) is 3. The highest BCUT2D eigenvalue weighted by molar-refractivity contribution is 7.09. The number of carbonyl (C=O) groups excluding carboxylic acids is 1. The van der Waals surface area contributed by atoms with Crippen molar-refractivity contribution < 1.29 is 18.0 Å². The van der Waals surface area contributed by atoms with Gasteiger partial charge >= 0.3 is 6.18 Å². The van der Waals surface area contributed by atoms with Gasteiger partial charge in [0.25, 0.3) is 0 Å². The molecule has 0 aliphatic rings. The van der Waals surface area contributed by atoms with E-state index in [0.29, 0.717) is 29.4 Å². The molecule has 0 fully saturated rings. The highest BCUT2D eigenvalue weighted by atomic mass is 35.5. The van der Waals surface area contributed by atoms with Crippen molar-refractivity contribution in [2.45, 2.75) is 45.5 Å². The first-order valence-corrected chi connectivity index (χ1v) is 11.5. The van der Waals surface area contributed by atoms with Crippen LogP contribution >= 0.6 is 23.1 Å². The third-order valence-electron chi connectivity index (χ3n) is 4.93. The van der Waals surface area contributed by atoms with Crippen LogP contribution in [0, 0.1) is 0 Å². The molecule has 1 N–H and O–H groups in total. The molecule has 5 nitrogen and oxygen atoms in total. The van der Waals surface area contributed by atoms with E-state index in [2.05, 4.69) is 14.7 Å². The molecule has 176 valence electrons. The van der Waals surface area contributed by atoms with E-state index < -0.39 is 11.7 Å². The Balaban J connectivity index is 1.54. The fourth-order valence-electron chi connectivity index (χ4n) is 3.16. The molecule has 0 radical (unpaired) electrons. The SMILES string of the molecule is CC(C)N(CCC(=O)NCc1cccc(C(F)(F)F)c1)c1nc(Cc2ccc(Cl)cc2)ns1. The Labute approximate surface area is 199 Å². The van der Waals surface area contributed by atoms with Gasteiger partial charge in [-0.15, -0.1) is 0 Å². The van der Waals surface area contributed by atoms with Crippen molar-refractivity contribution >= 4 is 34.2 Å². The number of benzene rings is 2. The maximum Gasteiger partial charge on any atom is 0.416 e. The predicted molar refractivity (Wildman–Crippen MR) is 125 cm³/mol. The predicted octanol–water partition coefficient (Wildman–Crippen LogP) is 5.72. The van der Waals surface area contributed by atoms with Crippen LogP contribution in [0.1, 0.15) is 42.8 Å². The van der Waals surface area contributed by atoms with E-state index in [1.165, 1.54) is 17.6 Å². The Kier molecular flexibility index (Phi) is 8.31. The number of nitrogens with one attached hydrogen (secondary N) is 1. The summed E-state index contributed by atoms with van der Waals surface area (Å²) in [6.07, 6.45) is -3.65. The molecule has 0 atom stereocenters. The van der Waals surface area contributed by atoms with Crippen molar-refractivity contribution in [3.8, 4) is 0 Å². The second-order valence-corrected chi connectivity index (χ2v) is 8.98. The lowest BCUT2D eigenvalue weighted by molar-refractivity contribution is -0.137. The summed E-state index contributed by atoms with van der Waals surface area (Å²) in [6, 6.07) is 12.5. The van der Waals surface area contributed by atoms with Gasteiger partial charge in [0, 0.05) is 48.5 Å². The first-order chi connectivity index (χ1) is 15.6. The fraction of sp³-hybridized carbons (Fsp3) is 0.348. The van der Waals surface area contributed by atoms with Crippen LogP contribution in [0.5, 0.6) is 0 Å². The zero-order valence-corrected chi connectivity index (χ0v) is 19.8. The Bertz CT molecular complexity index is 1070. The molecule has 1 amide bonds. The van der Waals surface area contributed by atoms with Gasteiger partial charge in [0.05, 0.1) is 5.56 Å². The summed E-state index contributed by atoms with van der Waals surface area (Å²) < 4.78 is 43.0. The number of aromatic nitrogens is 2. The highest BCUT2D eigenvalue weighted by Gasteiger charge is 2.30. The molecule has 3 aromatic rings. The van der Waals surface area contributed by atoms with E-state index in [-0.39, 0.29) is 24.9 Å². The summed E-state index contributed by atoms with van der Waals surface area (Å²) in [7, 11) is 0. The quantitative estimate of drug-likeness (QED) is 0.411. The lowest BCUT2D eigenvalue weighted by Crippen LogP contribution is -2.35. The van der Waals surface area contributed by atoms with E-state index in [0.717, 1.165) is 22.8 Å². The van der Waals surface area contributed by atoms with E-state index in [1.807, 2.05) is 43.0 Å². The smallest absolute Gasteiger partial charge is 0.352 e. The van der Waals surface area contributed by atoms with Gasteiger partial charge in [-0.2, -0.15) is 17.5 Å². The van der Waals surface area contributed by atoms with Gasteiger partial charge < -0.3 is 10.2 Å². The van der Waals surface area contributed by atoms with Gasteiger partial charge in [0.1, 0.15) is 5.82 Å². The van der Waals surface area contributed by atoms with E-state index in [4.69, 9.17) is 11.6 Å². The molecular weight excluding hydrogens is 473 g/mol. The van der Waals surface area contributed by atoms with Gasteiger partial charge in [-0.05, 0) is 49.2 Å². The monoisotopic (exact) mass is 496 g/mol. The van der Waals surface area contributed by atoms with Crippen LogP contribution in [-0.4, -0.2) is 27.9 Å². The minimum atomic E-state index is -4.41. The van der Waals surface area contributed by atoms with Gasteiger partial charge in [-0.1, -0.05) is 35.9 Å². The molecule has 0 bridgehead atoms. The average Bonchev–Trinajstić information content (AvgIpc) is 3.21. The van der Waals surface area contributed by atoms with Gasteiger partial charge in [-0.3, -0.25) is 4.79 Å². The van der Waals surface area contributed by atoms with Crippen LogP contribution in [0.4, 0.5) is 18.3 Å². The van der Waals surface area contributed by atoms with Crippen molar-refractivity contribution in [1.82, 2.24) is 14.7 Å². The zero-order valence-electron chi connectivity index (χ0n) is 18.2. The van der Waals surface area contributed by atoms with Crippen LogP contribution < -0.4 is 10.2 Å². The molecule has 0 saturated carbocycles. The van der Waals surface area contributed by atoms with Crippen LogP contribution in [0.3, 0.4) is 0 Å². The Morgan fingerprint density at radius 2 is 1.88 bits per heavy atom. The molecule has 1 aromatic heterocycles. The molecule has 0 aliphatic carbocycles. The van der Waals surface area contributed by atoms with Crippen molar-refractivity contribution in [1.29, 1.82) is 0 Å². The number of halogens is 4. The molecular formula is C23H24ClF3N4OS.